The number of halogens is 1. The van der Waals surface area contributed by atoms with Crippen molar-refractivity contribution >= 4 is 57.2 Å². The molecule has 1 aliphatic rings. The summed E-state index contributed by atoms with van der Waals surface area (Å²) in [4.78, 5) is 44.6. The molecular weight excluding hydrogens is 552 g/mol. The number of nitrogen functional groups attached to an aromatic ring is 1. The van der Waals surface area contributed by atoms with Gasteiger partial charge in [-0.25, -0.2) is 0 Å². The van der Waals surface area contributed by atoms with Gasteiger partial charge in [0.1, 0.15) is 11.8 Å². The van der Waals surface area contributed by atoms with Gasteiger partial charge in [-0.15, -0.1) is 0 Å². The lowest BCUT2D eigenvalue weighted by molar-refractivity contribution is -0.129. The van der Waals surface area contributed by atoms with E-state index in [9.17, 15) is 14.4 Å². The first-order chi connectivity index (χ1) is 20.2. The first-order valence-electron chi connectivity index (χ1n) is 13.8. The van der Waals surface area contributed by atoms with Crippen molar-refractivity contribution in [2.45, 2.75) is 32.9 Å². The van der Waals surface area contributed by atoms with Gasteiger partial charge in [-0.05, 0) is 65.7 Å². The van der Waals surface area contributed by atoms with Crippen LogP contribution in [0.5, 0.6) is 5.75 Å². The lowest BCUT2D eigenvalue weighted by Crippen LogP contribution is -2.53. The Bertz CT molecular complexity index is 1660. The summed E-state index contributed by atoms with van der Waals surface area (Å²) in [6.07, 6.45) is 0.605. The van der Waals surface area contributed by atoms with Crippen molar-refractivity contribution in [3.8, 4) is 5.75 Å². The number of carbonyl (C=O) groups is 3. The van der Waals surface area contributed by atoms with Crippen LogP contribution in [0.2, 0.25) is 5.02 Å². The number of rotatable bonds is 7. The number of carbonyl (C=O) groups excluding carboxylic acids is 3. The van der Waals surface area contributed by atoms with Crippen LogP contribution in [-0.2, 0) is 16.1 Å². The van der Waals surface area contributed by atoms with E-state index in [-0.39, 0.29) is 36.7 Å². The summed E-state index contributed by atoms with van der Waals surface area (Å²) in [6.45, 7) is 3.77. The molecule has 3 amide bonds. The van der Waals surface area contributed by atoms with E-state index in [2.05, 4.69) is 5.32 Å². The van der Waals surface area contributed by atoms with Gasteiger partial charge in [0.25, 0.3) is 11.8 Å². The molecule has 0 spiro atoms. The quantitative estimate of drug-likeness (QED) is 0.267. The topological polar surface area (TPSA) is 105 Å². The molecule has 2 atom stereocenters. The van der Waals surface area contributed by atoms with Crippen molar-refractivity contribution in [3.63, 3.8) is 0 Å². The highest BCUT2D eigenvalue weighted by Gasteiger charge is 2.38. The Balaban J connectivity index is 1.67. The van der Waals surface area contributed by atoms with Gasteiger partial charge in [-0.3, -0.25) is 14.4 Å². The fourth-order valence-electron chi connectivity index (χ4n) is 5.18. The van der Waals surface area contributed by atoms with E-state index in [1.807, 2.05) is 43.3 Å². The Morgan fingerprint density at radius 2 is 1.79 bits per heavy atom. The lowest BCUT2D eigenvalue weighted by atomic mass is 10.0. The fourth-order valence-corrected chi connectivity index (χ4v) is 5.35. The van der Waals surface area contributed by atoms with Crippen LogP contribution >= 0.6 is 11.6 Å². The van der Waals surface area contributed by atoms with Gasteiger partial charge in [-0.1, -0.05) is 55.8 Å². The van der Waals surface area contributed by atoms with E-state index in [0.29, 0.717) is 39.8 Å². The Morgan fingerprint density at radius 1 is 1.05 bits per heavy atom. The van der Waals surface area contributed by atoms with Crippen LogP contribution < -0.4 is 25.6 Å². The number of nitrogens with zero attached hydrogens (tertiary/aromatic N) is 2. The minimum Gasteiger partial charge on any atom is -0.496 e. The van der Waals surface area contributed by atoms with Gasteiger partial charge >= 0.3 is 0 Å². The van der Waals surface area contributed by atoms with E-state index < -0.39 is 6.04 Å². The number of amides is 3. The van der Waals surface area contributed by atoms with E-state index in [4.69, 9.17) is 22.1 Å². The molecule has 42 heavy (non-hydrogen) atoms. The third kappa shape index (κ3) is 5.63. The van der Waals surface area contributed by atoms with Gasteiger partial charge in [-0.2, -0.15) is 0 Å². The molecule has 0 aliphatic carbocycles. The number of methoxy groups -OCH3 is 1. The maximum atomic E-state index is 14.4. The summed E-state index contributed by atoms with van der Waals surface area (Å²) in [5.41, 5.74) is 8.52. The number of hydrogen-bond donors (Lipinski definition) is 2. The molecule has 0 aromatic heterocycles. The van der Waals surface area contributed by atoms with Crippen LogP contribution in [0.1, 0.15) is 36.2 Å². The molecule has 0 saturated carbocycles. The number of fused-ring (bicyclic) bond motifs is 2. The Kier molecular flexibility index (Phi) is 8.36. The van der Waals surface area contributed by atoms with E-state index in [1.54, 1.807) is 61.4 Å². The third-order valence-corrected chi connectivity index (χ3v) is 8.00. The van der Waals surface area contributed by atoms with Crippen molar-refractivity contribution in [3.05, 3.63) is 95.0 Å². The van der Waals surface area contributed by atoms with Gasteiger partial charge in [0.15, 0.2) is 0 Å². The van der Waals surface area contributed by atoms with Gasteiger partial charge in [0, 0.05) is 27.8 Å². The van der Waals surface area contributed by atoms with Crippen LogP contribution in [-0.4, -0.2) is 37.4 Å². The molecule has 1 heterocycles. The predicted molar refractivity (Wildman–Crippen MR) is 167 cm³/mol. The number of ether oxygens (including phenoxy) is 1. The zero-order valence-corrected chi connectivity index (χ0v) is 24.5. The normalized spacial score (nSPS) is 15.6. The van der Waals surface area contributed by atoms with Crippen molar-refractivity contribution in [1.29, 1.82) is 0 Å². The molecule has 5 rings (SSSR count). The van der Waals surface area contributed by atoms with E-state index >= 15 is 0 Å². The minimum absolute atomic E-state index is 0.0826. The number of benzene rings is 4. The maximum absolute atomic E-state index is 14.4. The summed E-state index contributed by atoms with van der Waals surface area (Å²) >= 11 is 6.47. The number of nitrogens with one attached hydrogen (secondary N) is 1. The number of anilines is 3. The van der Waals surface area contributed by atoms with Crippen molar-refractivity contribution in [2.75, 3.05) is 29.2 Å². The molecule has 4 aromatic carbocycles. The van der Waals surface area contributed by atoms with E-state index in [1.165, 1.54) is 4.90 Å². The summed E-state index contributed by atoms with van der Waals surface area (Å²) in [7, 11) is 1.59. The van der Waals surface area contributed by atoms with Crippen molar-refractivity contribution in [1.82, 2.24) is 5.32 Å². The van der Waals surface area contributed by atoms with Crippen LogP contribution in [0, 0.1) is 5.92 Å². The van der Waals surface area contributed by atoms with E-state index in [0.717, 1.165) is 16.3 Å². The molecule has 216 valence electrons. The average molecular weight is 585 g/mol. The Hall–Kier alpha value is -4.56. The molecular formula is C33H33ClN4O4. The highest BCUT2D eigenvalue weighted by Crippen LogP contribution is 2.39. The largest absolute Gasteiger partial charge is 0.496 e. The molecule has 0 radical (unpaired) electrons. The average Bonchev–Trinajstić information content (AvgIpc) is 3.11. The molecule has 0 unspecified atom stereocenters. The monoisotopic (exact) mass is 584 g/mol. The van der Waals surface area contributed by atoms with Crippen LogP contribution in [0.15, 0.2) is 78.9 Å². The summed E-state index contributed by atoms with van der Waals surface area (Å²) in [6, 6.07) is 22.4. The molecule has 0 saturated heterocycles. The van der Waals surface area contributed by atoms with Gasteiger partial charge in [0.05, 0.1) is 31.6 Å². The van der Waals surface area contributed by atoms with Crippen molar-refractivity contribution in [2.24, 2.45) is 5.92 Å². The first-order valence-corrected chi connectivity index (χ1v) is 14.2. The molecule has 3 N–H and O–H groups in total. The summed E-state index contributed by atoms with van der Waals surface area (Å²) in [5, 5.41) is 5.26. The van der Waals surface area contributed by atoms with Crippen molar-refractivity contribution < 1.29 is 19.1 Å². The second kappa shape index (κ2) is 12.1. The summed E-state index contributed by atoms with van der Waals surface area (Å²) in [5.74, 6) is -0.652. The fraction of sp³-hybridized carbons (Fsp3) is 0.242. The molecule has 0 bridgehead atoms. The SMILES string of the molecule is CC[C@@H](C)C(=O)N[C@H]1CN(C(=O)c2ccc(N)cc2)c2cc(Cl)ccc2N(Cc2c(OC)ccc3ccccc23)C1=O. The molecule has 0 fully saturated rings. The second-order valence-corrected chi connectivity index (χ2v) is 10.9. The third-order valence-electron chi connectivity index (χ3n) is 7.76. The number of nitrogens with two attached hydrogens (primary N) is 1. The smallest absolute Gasteiger partial charge is 0.258 e. The zero-order valence-electron chi connectivity index (χ0n) is 23.8. The van der Waals surface area contributed by atoms with Crippen LogP contribution in [0.3, 0.4) is 0 Å². The zero-order chi connectivity index (χ0) is 30.0. The highest BCUT2D eigenvalue weighted by atomic mass is 35.5. The predicted octanol–water partition coefficient (Wildman–Crippen LogP) is 5.81. The molecule has 8 nitrogen and oxygen atoms in total. The lowest BCUT2D eigenvalue weighted by Gasteiger charge is -2.27. The van der Waals surface area contributed by atoms with Gasteiger partial charge in [0.2, 0.25) is 5.91 Å². The highest BCUT2D eigenvalue weighted by molar-refractivity contribution is 6.31. The standard InChI is InChI=1S/C33H33ClN4O4/c1-4-20(2)31(39)36-27-19-38(32(40)22-9-13-24(35)14-10-22)29-17-23(34)12-15-28(29)37(33(27)41)18-26-25-8-6-5-7-21(25)11-16-30(26)42-3/h5-17,20,27H,4,18-19,35H2,1-3H3,(H,36,39)/t20-,27+/m1/s1. The molecule has 1 aliphatic heterocycles. The first kappa shape index (κ1) is 29.0. The van der Waals surface area contributed by atoms with Gasteiger partial charge < -0.3 is 25.6 Å². The molecule has 4 aromatic rings. The van der Waals surface area contributed by atoms with Crippen LogP contribution in [0.25, 0.3) is 10.8 Å². The number of hydrogen-bond acceptors (Lipinski definition) is 5. The maximum Gasteiger partial charge on any atom is 0.258 e. The second-order valence-electron chi connectivity index (χ2n) is 10.4. The minimum atomic E-state index is -1.02. The van der Waals surface area contributed by atoms with Crippen LogP contribution in [0.4, 0.5) is 17.1 Å². The summed E-state index contributed by atoms with van der Waals surface area (Å²) < 4.78 is 5.73. The Labute approximate surface area is 250 Å². The molecule has 9 heteroatoms. The Morgan fingerprint density at radius 3 is 2.50 bits per heavy atom.